The Labute approximate surface area is 182 Å². The van der Waals surface area contributed by atoms with Crippen LogP contribution in [0.2, 0.25) is 0 Å². The monoisotopic (exact) mass is 437 g/mol. The van der Waals surface area contributed by atoms with Gasteiger partial charge in [0.1, 0.15) is 11.8 Å². The van der Waals surface area contributed by atoms with Gasteiger partial charge in [0.05, 0.1) is 30.4 Å². The molecule has 12 heteroatoms. The van der Waals surface area contributed by atoms with Crippen molar-refractivity contribution < 1.29 is 19.2 Å². The summed E-state index contributed by atoms with van der Waals surface area (Å²) < 4.78 is 11.8. The number of hydrogen-bond donors (Lipinski definition) is 2. The van der Waals surface area contributed by atoms with Crippen molar-refractivity contribution in [1.82, 2.24) is 20.2 Å². The lowest BCUT2D eigenvalue weighted by molar-refractivity contribution is -0.385. The molecule has 4 rings (SSSR count). The maximum Gasteiger partial charge on any atom is 0.311 e. The van der Waals surface area contributed by atoms with Crippen molar-refractivity contribution in [1.29, 1.82) is 0 Å². The van der Waals surface area contributed by atoms with E-state index in [9.17, 15) is 14.9 Å². The fourth-order valence-electron chi connectivity index (χ4n) is 3.57. The first kappa shape index (κ1) is 20.8. The molecule has 1 aromatic heterocycles. The number of tetrazole rings is 1. The van der Waals surface area contributed by atoms with E-state index < -0.39 is 16.9 Å². The van der Waals surface area contributed by atoms with E-state index in [1.807, 2.05) is 0 Å². The summed E-state index contributed by atoms with van der Waals surface area (Å²) in [5.74, 6) is 0.455. The number of nitrogens with zero attached hydrogens (tertiary/aromatic N) is 5. The Balaban J connectivity index is 1.81. The van der Waals surface area contributed by atoms with Gasteiger partial charge in [0.15, 0.2) is 5.75 Å². The molecule has 2 N–H and O–H groups in total. The Bertz CT molecular complexity index is 1240. The molecule has 2 heterocycles. The minimum absolute atomic E-state index is 0.102. The standard InChI is InChI=1S/C20H19N7O5/c1-11-17(19(28)22-13-6-4-5-7-15(13)31-2)18(26-20(21-11)23-24-25-26)12-8-9-16(32-3)14(10-12)27(29)30/h4-10,18H,1-3H3,(H,22,28)(H,21,23,25)/t18-/m1/s1. The number of fused-ring (bicyclic) bond motifs is 1. The molecule has 0 bridgehead atoms. The summed E-state index contributed by atoms with van der Waals surface area (Å²) in [4.78, 5) is 24.4. The van der Waals surface area contributed by atoms with Crippen molar-refractivity contribution in [3.63, 3.8) is 0 Å². The fraction of sp³-hybridized carbons (Fsp3) is 0.200. The third kappa shape index (κ3) is 3.57. The number of carbonyl (C=O) groups excluding carboxylic acids is 1. The van der Waals surface area contributed by atoms with E-state index in [2.05, 4.69) is 26.2 Å². The molecule has 0 saturated heterocycles. The molecular weight excluding hydrogens is 418 g/mol. The summed E-state index contributed by atoms with van der Waals surface area (Å²) in [5, 5.41) is 29.0. The highest BCUT2D eigenvalue weighted by molar-refractivity contribution is 6.06. The van der Waals surface area contributed by atoms with Crippen molar-refractivity contribution in [2.75, 3.05) is 24.9 Å². The Morgan fingerprint density at radius 2 is 1.94 bits per heavy atom. The minimum atomic E-state index is -0.819. The molecule has 1 aliphatic heterocycles. The van der Waals surface area contributed by atoms with Crippen LogP contribution in [0, 0.1) is 10.1 Å². The van der Waals surface area contributed by atoms with E-state index in [0.29, 0.717) is 28.6 Å². The molecule has 0 fully saturated rings. The quantitative estimate of drug-likeness (QED) is 0.438. The number of allylic oxidation sites excluding steroid dienone is 1. The van der Waals surface area contributed by atoms with E-state index >= 15 is 0 Å². The lowest BCUT2D eigenvalue weighted by Crippen LogP contribution is -2.31. The average molecular weight is 437 g/mol. The molecule has 1 aliphatic rings. The molecule has 12 nitrogen and oxygen atoms in total. The SMILES string of the molecule is COc1ccccc1NC(=O)C1=C(C)Nc2nnnn2[C@@H]1c1ccc(OC)c([N+](=O)[O-])c1. The molecule has 0 saturated carbocycles. The predicted octanol–water partition coefficient (Wildman–Crippen LogP) is 2.53. The van der Waals surface area contributed by atoms with Crippen LogP contribution in [0.25, 0.3) is 0 Å². The number of benzene rings is 2. The lowest BCUT2D eigenvalue weighted by Gasteiger charge is -2.28. The van der Waals surface area contributed by atoms with Gasteiger partial charge >= 0.3 is 5.69 Å². The van der Waals surface area contributed by atoms with Gasteiger partial charge in [0, 0.05) is 11.8 Å². The molecule has 32 heavy (non-hydrogen) atoms. The van der Waals surface area contributed by atoms with Crippen LogP contribution in [-0.2, 0) is 4.79 Å². The van der Waals surface area contributed by atoms with Crippen LogP contribution in [0.15, 0.2) is 53.7 Å². The second-order valence-corrected chi connectivity index (χ2v) is 6.86. The maximum absolute atomic E-state index is 13.4. The number of nitro benzene ring substituents is 1. The Morgan fingerprint density at radius 3 is 2.66 bits per heavy atom. The van der Waals surface area contributed by atoms with Crippen molar-refractivity contribution in [2.45, 2.75) is 13.0 Å². The number of para-hydroxylation sites is 2. The molecule has 0 radical (unpaired) electrons. The van der Waals surface area contributed by atoms with Gasteiger partial charge in [-0.15, -0.1) is 0 Å². The van der Waals surface area contributed by atoms with Gasteiger partial charge in [-0.1, -0.05) is 23.3 Å². The molecule has 0 unspecified atom stereocenters. The smallest absolute Gasteiger partial charge is 0.311 e. The molecule has 3 aromatic rings. The highest BCUT2D eigenvalue weighted by Gasteiger charge is 2.35. The topological polar surface area (TPSA) is 146 Å². The minimum Gasteiger partial charge on any atom is -0.495 e. The zero-order valence-corrected chi connectivity index (χ0v) is 17.4. The van der Waals surface area contributed by atoms with E-state index in [-0.39, 0.29) is 17.0 Å². The second-order valence-electron chi connectivity index (χ2n) is 6.86. The number of aromatic nitrogens is 4. The number of anilines is 2. The van der Waals surface area contributed by atoms with Gasteiger partial charge in [-0.25, -0.2) is 0 Å². The highest BCUT2D eigenvalue weighted by Crippen LogP contribution is 2.38. The summed E-state index contributed by atoms with van der Waals surface area (Å²) in [6.45, 7) is 1.71. The highest BCUT2D eigenvalue weighted by atomic mass is 16.6. The summed E-state index contributed by atoms with van der Waals surface area (Å²) in [6.07, 6.45) is 0. The molecule has 0 spiro atoms. The van der Waals surface area contributed by atoms with Crippen LogP contribution in [0.1, 0.15) is 18.5 Å². The van der Waals surface area contributed by atoms with Crippen LogP contribution >= 0.6 is 0 Å². The lowest BCUT2D eigenvalue weighted by atomic mass is 9.94. The van der Waals surface area contributed by atoms with Crippen molar-refractivity contribution in [3.8, 4) is 11.5 Å². The van der Waals surface area contributed by atoms with Gasteiger partial charge in [0.2, 0.25) is 5.95 Å². The number of amides is 1. The zero-order chi connectivity index (χ0) is 22.8. The molecule has 164 valence electrons. The Morgan fingerprint density at radius 1 is 1.19 bits per heavy atom. The molecule has 2 aromatic carbocycles. The predicted molar refractivity (Wildman–Crippen MR) is 114 cm³/mol. The third-order valence-electron chi connectivity index (χ3n) is 5.03. The van der Waals surface area contributed by atoms with Crippen LogP contribution in [-0.4, -0.2) is 45.3 Å². The van der Waals surface area contributed by atoms with Crippen LogP contribution in [0.5, 0.6) is 11.5 Å². The average Bonchev–Trinajstić information content (AvgIpc) is 3.25. The number of methoxy groups -OCH3 is 2. The van der Waals surface area contributed by atoms with E-state index in [4.69, 9.17) is 9.47 Å². The first-order chi connectivity index (χ1) is 15.4. The van der Waals surface area contributed by atoms with Gasteiger partial charge < -0.3 is 20.1 Å². The van der Waals surface area contributed by atoms with Crippen molar-refractivity contribution in [2.24, 2.45) is 0 Å². The summed E-state index contributed by atoms with van der Waals surface area (Å²) >= 11 is 0. The summed E-state index contributed by atoms with van der Waals surface area (Å²) in [5.41, 5.74) is 1.47. The Kier molecular flexibility index (Phi) is 5.41. The van der Waals surface area contributed by atoms with E-state index in [0.717, 1.165) is 0 Å². The number of ether oxygens (including phenoxy) is 2. The maximum atomic E-state index is 13.4. The molecule has 0 aliphatic carbocycles. The summed E-state index contributed by atoms with van der Waals surface area (Å²) in [6, 6.07) is 10.6. The largest absolute Gasteiger partial charge is 0.495 e. The number of nitrogens with one attached hydrogen (secondary N) is 2. The fourth-order valence-corrected chi connectivity index (χ4v) is 3.57. The number of rotatable bonds is 6. The first-order valence-electron chi connectivity index (χ1n) is 9.47. The van der Waals surface area contributed by atoms with Crippen molar-refractivity contribution in [3.05, 3.63) is 69.4 Å². The Hall–Kier alpha value is -4.48. The van der Waals surface area contributed by atoms with Crippen LogP contribution in [0.3, 0.4) is 0 Å². The normalized spacial score (nSPS) is 14.9. The van der Waals surface area contributed by atoms with Crippen LogP contribution < -0.4 is 20.1 Å². The van der Waals surface area contributed by atoms with E-state index in [1.165, 1.54) is 31.0 Å². The van der Waals surface area contributed by atoms with Gasteiger partial charge in [-0.3, -0.25) is 14.9 Å². The van der Waals surface area contributed by atoms with Gasteiger partial charge in [-0.05, 0) is 41.1 Å². The first-order valence-corrected chi connectivity index (χ1v) is 9.47. The number of carbonyl (C=O) groups is 1. The number of nitro groups is 1. The summed E-state index contributed by atoms with van der Waals surface area (Å²) in [7, 11) is 2.85. The second kappa shape index (κ2) is 8.34. The molecule has 1 amide bonds. The molecule has 1 atom stereocenters. The molecular formula is C20H19N7O5. The van der Waals surface area contributed by atoms with Gasteiger partial charge in [-0.2, -0.15) is 4.68 Å². The zero-order valence-electron chi connectivity index (χ0n) is 17.4. The number of hydrogen-bond acceptors (Lipinski definition) is 9. The third-order valence-corrected chi connectivity index (χ3v) is 5.03. The van der Waals surface area contributed by atoms with E-state index in [1.54, 1.807) is 37.3 Å². The van der Waals surface area contributed by atoms with Crippen LogP contribution in [0.4, 0.5) is 17.3 Å². The van der Waals surface area contributed by atoms with Gasteiger partial charge in [0.25, 0.3) is 5.91 Å². The van der Waals surface area contributed by atoms with Crippen molar-refractivity contribution >= 4 is 23.2 Å².